The van der Waals surface area contributed by atoms with Gasteiger partial charge in [0.2, 0.25) is 5.89 Å². The molecular weight excluding hydrogens is 262 g/mol. The monoisotopic (exact) mass is 287 g/mol. The van der Waals surface area contributed by atoms with Crippen molar-refractivity contribution < 1.29 is 4.52 Å². The second-order valence-electron chi connectivity index (χ2n) is 8.42. The normalized spacial score (nSPS) is 42.4. The molecule has 114 valence electrons. The lowest BCUT2D eigenvalue weighted by molar-refractivity contribution is -0.0103. The first kappa shape index (κ1) is 12.6. The first-order valence-electron chi connectivity index (χ1n) is 8.79. The molecule has 5 aliphatic rings. The van der Waals surface area contributed by atoms with Crippen molar-refractivity contribution in [2.75, 3.05) is 0 Å². The van der Waals surface area contributed by atoms with E-state index in [-0.39, 0.29) is 11.5 Å². The van der Waals surface area contributed by atoms with Crippen LogP contribution < -0.4 is 5.73 Å². The molecule has 0 aromatic carbocycles. The van der Waals surface area contributed by atoms with Crippen LogP contribution in [0.3, 0.4) is 0 Å². The average molecular weight is 287 g/mol. The lowest BCUT2D eigenvalue weighted by Gasteiger charge is -2.55. The summed E-state index contributed by atoms with van der Waals surface area (Å²) in [6.45, 7) is 0. The summed E-state index contributed by atoms with van der Waals surface area (Å²) in [6.07, 6.45) is 11.6. The fraction of sp³-hybridized carbons (Fsp3) is 0.882. The number of nitrogens with two attached hydrogens (primary N) is 1. The van der Waals surface area contributed by atoms with Crippen LogP contribution in [0.1, 0.15) is 63.1 Å². The van der Waals surface area contributed by atoms with E-state index < -0.39 is 0 Å². The van der Waals surface area contributed by atoms with Crippen molar-refractivity contribution >= 4 is 0 Å². The molecule has 5 saturated carbocycles. The Morgan fingerprint density at radius 3 is 2.29 bits per heavy atom. The second kappa shape index (κ2) is 4.31. The molecule has 0 amide bonds. The van der Waals surface area contributed by atoms with Crippen molar-refractivity contribution in [2.24, 2.45) is 29.4 Å². The van der Waals surface area contributed by atoms with Gasteiger partial charge in [-0.3, -0.25) is 0 Å². The van der Waals surface area contributed by atoms with E-state index in [9.17, 15) is 0 Å². The Labute approximate surface area is 125 Å². The highest BCUT2D eigenvalue weighted by molar-refractivity contribution is 5.16. The van der Waals surface area contributed by atoms with E-state index in [1.807, 2.05) is 0 Å². The summed E-state index contributed by atoms with van der Waals surface area (Å²) in [5.74, 6) is 5.26. The highest BCUT2D eigenvalue weighted by Crippen LogP contribution is 2.60. The Morgan fingerprint density at radius 1 is 1.10 bits per heavy atom. The van der Waals surface area contributed by atoms with Crippen LogP contribution in [0.5, 0.6) is 0 Å². The van der Waals surface area contributed by atoms with Crippen LogP contribution in [0, 0.1) is 23.7 Å². The molecule has 1 heterocycles. The van der Waals surface area contributed by atoms with Gasteiger partial charge in [0.05, 0.1) is 0 Å². The lowest BCUT2D eigenvalue weighted by Crippen LogP contribution is -2.49. The second-order valence-corrected chi connectivity index (χ2v) is 8.42. The van der Waals surface area contributed by atoms with E-state index in [4.69, 9.17) is 15.2 Å². The molecule has 0 spiro atoms. The standard InChI is InChI=1S/C17H25N3O/c18-14(13-1-2-13)6-15-19-16(20-21-15)17-7-10-3-11(8-17)5-12(4-10)9-17/h10-14H,1-9,18H2. The zero-order valence-electron chi connectivity index (χ0n) is 12.6. The Bertz CT molecular complexity index is 513. The van der Waals surface area contributed by atoms with E-state index in [0.29, 0.717) is 5.92 Å². The third-order valence-corrected chi connectivity index (χ3v) is 6.62. The summed E-state index contributed by atoms with van der Waals surface area (Å²) in [4.78, 5) is 4.79. The largest absolute Gasteiger partial charge is 0.339 e. The molecule has 21 heavy (non-hydrogen) atoms. The summed E-state index contributed by atoms with van der Waals surface area (Å²) >= 11 is 0. The average Bonchev–Trinajstić information content (AvgIpc) is 3.17. The fourth-order valence-electron chi connectivity index (χ4n) is 5.83. The minimum absolute atomic E-state index is 0.217. The van der Waals surface area contributed by atoms with Crippen molar-refractivity contribution in [2.45, 2.75) is 69.2 Å². The number of rotatable bonds is 4. The molecular formula is C17H25N3O. The fourth-order valence-corrected chi connectivity index (χ4v) is 5.83. The smallest absolute Gasteiger partial charge is 0.228 e. The number of aromatic nitrogens is 2. The molecule has 4 bridgehead atoms. The lowest BCUT2D eigenvalue weighted by atomic mass is 9.49. The number of hydrogen-bond donors (Lipinski definition) is 1. The molecule has 0 radical (unpaired) electrons. The Balaban J connectivity index is 1.38. The van der Waals surface area contributed by atoms with Crippen molar-refractivity contribution in [1.29, 1.82) is 0 Å². The van der Waals surface area contributed by atoms with Crippen LogP contribution in [-0.2, 0) is 11.8 Å². The molecule has 0 saturated heterocycles. The first-order chi connectivity index (χ1) is 10.2. The molecule has 5 aliphatic carbocycles. The molecule has 4 heteroatoms. The summed E-state index contributed by atoms with van der Waals surface area (Å²) in [5, 5.41) is 4.40. The van der Waals surface area contributed by atoms with Crippen LogP contribution >= 0.6 is 0 Å². The number of hydrogen-bond acceptors (Lipinski definition) is 4. The van der Waals surface area contributed by atoms with Crippen LogP contribution in [0.25, 0.3) is 0 Å². The molecule has 1 atom stereocenters. The van der Waals surface area contributed by atoms with Gasteiger partial charge in [0.15, 0.2) is 5.82 Å². The van der Waals surface area contributed by atoms with Crippen LogP contribution in [0.2, 0.25) is 0 Å². The van der Waals surface area contributed by atoms with E-state index in [0.717, 1.165) is 35.9 Å². The van der Waals surface area contributed by atoms with Crippen LogP contribution in [-0.4, -0.2) is 16.2 Å². The Kier molecular flexibility index (Phi) is 2.59. The van der Waals surface area contributed by atoms with Gasteiger partial charge in [0.25, 0.3) is 0 Å². The van der Waals surface area contributed by atoms with Crippen LogP contribution in [0.4, 0.5) is 0 Å². The first-order valence-corrected chi connectivity index (χ1v) is 8.79. The molecule has 1 unspecified atom stereocenters. The van der Waals surface area contributed by atoms with E-state index in [1.54, 1.807) is 0 Å². The molecule has 6 rings (SSSR count). The van der Waals surface area contributed by atoms with Gasteiger partial charge in [0, 0.05) is 17.9 Å². The molecule has 4 nitrogen and oxygen atoms in total. The zero-order chi connectivity index (χ0) is 14.0. The predicted octanol–water partition coefficient (Wildman–Crippen LogP) is 2.82. The van der Waals surface area contributed by atoms with Gasteiger partial charge in [-0.05, 0) is 75.0 Å². The van der Waals surface area contributed by atoms with Gasteiger partial charge in [-0.2, -0.15) is 4.98 Å². The minimum atomic E-state index is 0.217. The molecule has 1 aromatic rings. The molecule has 5 fully saturated rings. The summed E-state index contributed by atoms with van der Waals surface area (Å²) in [7, 11) is 0. The van der Waals surface area contributed by atoms with Gasteiger partial charge in [-0.1, -0.05) is 5.16 Å². The predicted molar refractivity (Wildman–Crippen MR) is 78.6 cm³/mol. The topological polar surface area (TPSA) is 64.9 Å². The Hall–Kier alpha value is -0.900. The van der Waals surface area contributed by atoms with E-state index >= 15 is 0 Å². The minimum Gasteiger partial charge on any atom is -0.339 e. The van der Waals surface area contributed by atoms with E-state index in [1.165, 1.54) is 51.4 Å². The van der Waals surface area contributed by atoms with Gasteiger partial charge in [-0.25, -0.2) is 0 Å². The highest BCUT2D eigenvalue weighted by atomic mass is 16.5. The van der Waals surface area contributed by atoms with Gasteiger partial charge in [-0.15, -0.1) is 0 Å². The van der Waals surface area contributed by atoms with Gasteiger partial charge >= 0.3 is 0 Å². The molecule has 0 aliphatic heterocycles. The maximum Gasteiger partial charge on any atom is 0.228 e. The molecule has 1 aromatic heterocycles. The summed E-state index contributed by atoms with van der Waals surface area (Å²) in [6, 6.07) is 0.217. The summed E-state index contributed by atoms with van der Waals surface area (Å²) in [5.41, 5.74) is 6.45. The van der Waals surface area contributed by atoms with Gasteiger partial charge < -0.3 is 10.3 Å². The quantitative estimate of drug-likeness (QED) is 0.924. The van der Waals surface area contributed by atoms with Crippen molar-refractivity contribution in [3.63, 3.8) is 0 Å². The van der Waals surface area contributed by atoms with Crippen molar-refractivity contribution in [3.05, 3.63) is 11.7 Å². The van der Waals surface area contributed by atoms with Crippen molar-refractivity contribution in [3.8, 4) is 0 Å². The number of nitrogens with zero attached hydrogens (tertiary/aromatic N) is 2. The maximum absolute atomic E-state index is 6.20. The van der Waals surface area contributed by atoms with Gasteiger partial charge in [0.1, 0.15) is 0 Å². The Morgan fingerprint density at radius 2 is 1.71 bits per heavy atom. The zero-order valence-corrected chi connectivity index (χ0v) is 12.6. The van der Waals surface area contributed by atoms with Crippen LogP contribution in [0.15, 0.2) is 4.52 Å². The maximum atomic E-state index is 6.20. The van der Waals surface area contributed by atoms with Crippen molar-refractivity contribution in [1.82, 2.24) is 10.1 Å². The third kappa shape index (κ3) is 2.06. The third-order valence-electron chi connectivity index (χ3n) is 6.62. The SMILES string of the molecule is NC(Cc1nc(C23CC4CC(CC(C4)C2)C3)no1)C1CC1. The van der Waals surface area contributed by atoms with E-state index in [2.05, 4.69) is 5.16 Å². The summed E-state index contributed by atoms with van der Waals surface area (Å²) < 4.78 is 5.56. The molecule has 2 N–H and O–H groups in total. The highest BCUT2D eigenvalue weighted by Gasteiger charge is 2.53.